The maximum atomic E-state index is 13.0. The molecule has 0 fully saturated rings. The molecule has 1 atom stereocenters. The van der Waals surface area contributed by atoms with Crippen LogP contribution in [0.2, 0.25) is 0 Å². The van der Waals surface area contributed by atoms with Gasteiger partial charge in [-0.15, -0.1) is 0 Å². The first-order chi connectivity index (χ1) is 8.99. The molecule has 0 heterocycles. The number of benzene rings is 1. The second-order valence-electron chi connectivity index (χ2n) is 5.25. The largest absolute Gasteiger partial charge is 0.491 e. The molecule has 0 saturated carbocycles. The Morgan fingerprint density at radius 2 is 2.00 bits per heavy atom. The SMILES string of the molecule is CC(C)CCC(C)NCCOc1cc(F)ccc1Br. The standard InChI is InChI=1S/C15H23BrFNO/c1-11(2)4-5-12(3)18-8-9-19-15-10-13(17)6-7-14(15)16/h6-7,10-12,18H,4-5,8-9H2,1-3H3. The van der Waals surface area contributed by atoms with Gasteiger partial charge in [0.05, 0.1) is 4.47 Å². The first kappa shape index (κ1) is 16.4. The minimum absolute atomic E-state index is 0.281. The van der Waals surface area contributed by atoms with Gasteiger partial charge in [-0.3, -0.25) is 0 Å². The molecule has 1 aromatic rings. The Bertz CT molecular complexity index is 384. The molecule has 1 rings (SSSR count). The van der Waals surface area contributed by atoms with Gasteiger partial charge in [0, 0.05) is 18.7 Å². The molecule has 1 aromatic carbocycles. The highest BCUT2D eigenvalue weighted by Crippen LogP contribution is 2.25. The zero-order valence-electron chi connectivity index (χ0n) is 11.9. The van der Waals surface area contributed by atoms with Gasteiger partial charge in [0.15, 0.2) is 0 Å². The van der Waals surface area contributed by atoms with Gasteiger partial charge in [0.1, 0.15) is 18.2 Å². The third-order valence-corrected chi connectivity index (χ3v) is 3.58. The molecule has 1 unspecified atom stereocenters. The second-order valence-corrected chi connectivity index (χ2v) is 6.10. The van der Waals surface area contributed by atoms with Crippen molar-refractivity contribution in [2.75, 3.05) is 13.2 Å². The van der Waals surface area contributed by atoms with Crippen molar-refractivity contribution in [1.82, 2.24) is 5.32 Å². The lowest BCUT2D eigenvalue weighted by Gasteiger charge is -2.15. The van der Waals surface area contributed by atoms with Crippen LogP contribution in [-0.4, -0.2) is 19.2 Å². The second kappa shape index (κ2) is 8.54. The number of ether oxygens (including phenoxy) is 1. The zero-order chi connectivity index (χ0) is 14.3. The summed E-state index contributed by atoms with van der Waals surface area (Å²) in [5.41, 5.74) is 0. The lowest BCUT2D eigenvalue weighted by Crippen LogP contribution is -2.30. The van der Waals surface area contributed by atoms with Gasteiger partial charge >= 0.3 is 0 Å². The quantitative estimate of drug-likeness (QED) is 0.713. The predicted molar refractivity (Wildman–Crippen MR) is 81.1 cm³/mol. The van der Waals surface area contributed by atoms with Crippen molar-refractivity contribution in [2.24, 2.45) is 5.92 Å². The molecule has 4 heteroatoms. The van der Waals surface area contributed by atoms with Crippen molar-refractivity contribution in [3.05, 3.63) is 28.5 Å². The monoisotopic (exact) mass is 331 g/mol. The van der Waals surface area contributed by atoms with E-state index in [0.717, 1.165) is 16.9 Å². The van der Waals surface area contributed by atoms with Gasteiger partial charge in [-0.2, -0.15) is 0 Å². The van der Waals surface area contributed by atoms with E-state index in [-0.39, 0.29) is 5.82 Å². The summed E-state index contributed by atoms with van der Waals surface area (Å²) in [6.07, 6.45) is 2.39. The average molecular weight is 332 g/mol. The smallest absolute Gasteiger partial charge is 0.136 e. The van der Waals surface area contributed by atoms with Crippen LogP contribution in [0.5, 0.6) is 5.75 Å². The number of rotatable bonds is 8. The number of halogens is 2. The van der Waals surface area contributed by atoms with Crippen LogP contribution in [0.4, 0.5) is 4.39 Å². The highest BCUT2D eigenvalue weighted by atomic mass is 79.9. The molecule has 2 nitrogen and oxygen atoms in total. The van der Waals surface area contributed by atoms with Crippen LogP contribution in [0, 0.1) is 11.7 Å². The van der Waals surface area contributed by atoms with Crippen molar-refractivity contribution in [3.8, 4) is 5.75 Å². The molecule has 108 valence electrons. The molecule has 1 N–H and O–H groups in total. The normalized spacial score (nSPS) is 12.7. The summed E-state index contributed by atoms with van der Waals surface area (Å²) in [6.45, 7) is 7.95. The van der Waals surface area contributed by atoms with E-state index in [2.05, 4.69) is 42.0 Å². The van der Waals surface area contributed by atoms with Gasteiger partial charge in [0.25, 0.3) is 0 Å². The van der Waals surface area contributed by atoms with Crippen LogP contribution < -0.4 is 10.1 Å². The van der Waals surface area contributed by atoms with Crippen LogP contribution in [0.25, 0.3) is 0 Å². The molecule has 0 bridgehead atoms. The Balaban J connectivity index is 2.21. The van der Waals surface area contributed by atoms with E-state index in [4.69, 9.17) is 4.74 Å². The molecular weight excluding hydrogens is 309 g/mol. The third-order valence-electron chi connectivity index (χ3n) is 2.92. The van der Waals surface area contributed by atoms with E-state index in [1.807, 2.05) is 0 Å². The Morgan fingerprint density at radius 3 is 2.68 bits per heavy atom. The number of hydrogen-bond acceptors (Lipinski definition) is 2. The lowest BCUT2D eigenvalue weighted by atomic mass is 10.0. The highest BCUT2D eigenvalue weighted by molar-refractivity contribution is 9.10. The van der Waals surface area contributed by atoms with Crippen LogP contribution in [-0.2, 0) is 0 Å². The van der Waals surface area contributed by atoms with E-state index in [1.54, 1.807) is 6.07 Å². The van der Waals surface area contributed by atoms with E-state index in [1.165, 1.54) is 25.0 Å². The first-order valence-corrected chi connectivity index (χ1v) is 7.59. The molecule has 0 aromatic heterocycles. The first-order valence-electron chi connectivity index (χ1n) is 6.80. The van der Waals surface area contributed by atoms with Gasteiger partial charge in [-0.05, 0) is 53.7 Å². The Labute approximate surface area is 123 Å². The van der Waals surface area contributed by atoms with Crippen molar-refractivity contribution < 1.29 is 9.13 Å². The van der Waals surface area contributed by atoms with Crippen LogP contribution >= 0.6 is 15.9 Å². The van der Waals surface area contributed by atoms with Gasteiger partial charge in [-0.1, -0.05) is 13.8 Å². The Kier molecular flexibility index (Phi) is 7.39. The molecule has 0 saturated heterocycles. The van der Waals surface area contributed by atoms with Gasteiger partial charge < -0.3 is 10.1 Å². The fourth-order valence-electron chi connectivity index (χ4n) is 1.74. The maximum Gasteiger partial charge on any atom is 0.136 e. The summed E-state index contributed by atoms with van der Waals surface area (Å²) < 4.78 is 19.4. The number of nitrogens with one attached hydrogen (secondary N) is 1. The van der Waals surface area contributed by atoms with Gasteiger partial charge in [0.2, 0.25) is 0 Å². The van der Waals surface area contributed by atoms with Crippen molar-refractivity contribution in [1.29, 1.82) is 0 Å². The van der Waals surface area contributed by atoms with Crippen LogP contribution in [0.1, 0.15) is 33.6 Å². The predicted octanol–water partition coefficient (Wildman–Crippen LogP) is 4.38. The van der Waals surface area contributed by atoms with Crippen molar-refractivity contribution in [3.63, 3.8) is 0 Å². The maximum absolute atomic E-state index is 13.0. The minimum Gasteiger partial charge on any atom is -0.491 e. The summed E-state index contributed by atoms with van der Waals surface area (Å²) in [5.74, 6) is 1.01. The van der Waals surface area contributed by atoms with Crippen molar-refractivity contribution in [2.45, 2.75) is 39.7 Å². The number of hydrogen-bond donors (Lipinski definition) is 1. The Morgan fingerprint density at radius 1 is 1.26 bits per heavy atom. The third kappa shape index (κ3) is 6.92. The molecule has 0 aliphatic carbocycles. The molecule has 0 aliphatic rings. The fraction of sp³-hybridized carbons (Fsp3) is 0.600. The fourth-order valence-corrected chi connectivity index (χ4v) is 2.10. The highest BCUT2D eigenvalue weighted by Gasteiger charge is 2.05. The molecule has 0 aliphatic heterocycles. The van der Waals surface area contributed by atoms with E-state index >= 15 is 0 Å². The summed E-state index contributed by atoms with van der Waals surface area (Å²) in [7, 11) is 0. The molecule has 19 heavy (non-hydrogen) atoms. The molecular formula is C15H23BrFNO. The zero-order valence-corrected chi connectivity index (χ0v) is 13.5. The molecule has 0 amide bonds. The van der Waals surface area contributed by atoms with Crippen LogP contribution in [0.3, 0.4) is 0 Å². The topological polar surface area (TPSA) is 21.3 Å². The summed E-state index contributed by atoms with van der Waals surface area (Å²) in [4.78, 5) is 0. The van der Waals surface area contributed by atoms with Crippen LogP contribution in [0.15, 0.2) is 22.7 Å². The van der Waals surface area contributed by atoms with E-state index in [9.17, 15) is 4.39 Å². The molecule has 0 spiro atoms. The molecule has 0 radical (unpaired) electrons. The van der Waals surface area contributed by atoms with E-state index < -0.39 is 0 Å². The average Bonchev–Trinajstić information content (AvgIpc) is 2.36. The minimum atomic E-state index is -0.281. The summed E-state index contributed by atoms with van der Waals surface area (Å²) in [6, 6.07) is 4.95. The van der Waals surface area contributed by atoms with E-state index in [0.29, 0.717) is 18.4 Å². The Hall–Kier alpha value is -0.610. The summed E-state index contributed by atoms with van der Waals surface area (Å²) in [5, 5.41) is 3.41. The summed E-state index contributed by atoms with van der Waals surface area (Å²) >= 11 is 3.34. The van der Waals surface area contributed by atoms with Gasteiger partial charge in [-0.25, -0.2) is 4.39 Å². The lowest BCUT2D eigenvalue weighted by molar-refractivity contribution is 0.300. The van der Waals surface area contributed by atoms with Crippen molar-refractivity contribution >= 4 is 15.9 Å².